The zero-order chi connectivity index (χ0) is 16.7. The Kier molecular flexibility index (Phi) is 8.78. The Morgan fingerprint density at radius 1 is 1.54 bits per heavy atom. The fourth-order valence-corrected chi connectivity index (χ4v) is 2.66. The van der Waals surface area contributed by atoms with Gasteiger partial charge in [0.05, 0.1) is 12.6 Å². The lowest BCUT2D eigenvalue weighted by Crippen LogP contribution is -2.32. The molecule has 1 aromatic rings. The number of halogens is 1. The molecule has 0 saturated carbocycles. The van der Waals surface area contributed by atoms with Crippen LogP contribution in [0.5, 0.6) is 0 Å². The van der Waals surface area contributed by atoms with Gasteiger partial charge in [0.15, 0.2) is 0 Å². The van der Waals surface area contributed by atoms with Gasteiger partial charge in [-0.2, -0.15) is 5.10 Å². The number of piperidine rings is 1. The topological polar surface area (TPSA) is 85.2 Å². The molecule has 1 fully saturated rings. The number of ether oxygens (including phenoxy) is 1. The highest BCUT2D eigenvalue weighted by atomic mass is 35.5. The minimum atomic E-state index is -0.233. The molecule has 7 nitrogen and oxygen atoms in total. The third kappa shape index (κ3) is 6.13. The Morgan fingerprint density at radius 2 is 2.33 bits per heavy atom. The number of nitrogens with one attached hydrogen (secondary N) is 2. The highest BCUT2D eigenvalue weighted by molar-refractivity contribution is 5.92. The van der Waals surface area contributed by atoms with Crippen molar-refractivity contribution >= 4 is 24.3 Å². The Morgan fingerprint density at radius 3 is 3.00 bits per heavy atom. The van der Waals surface area contributed by atoms with Crippen molar-refractivity contribution in [1.82, 2.24) is 20.4 Å². The second-order valence-electron chi connectivity index (χ2n) is 6.01. The summed E-state index contributed by atoms with van der Waals surface area (Å²) in [5, 5.41) is 10.5. The SMILES string of the molecule is CCOC(=O)CC(C)CNC(=O)c1ccn(C2CCCNC2)n1.Cl. The largest absolute Gasteiger partial charge is 0.466 e. The second-order valence-corrected chi connectivity index (χ2v) is 6.01. The van der Waals surface area contributed by atoms with Gasteiger partial charge in [-0.15, -0.1) is 12.4 Å². The van der Waals surface area contributed by atoms with Crippen LogP contribution in [0.15, 0.2) is 12.3 Å². The number of carbonyl (C=O) groups excluding carboxylic acids is 2. The highest BCUT2D eigenvalue weighted by Crippen LogP contribution is 2.15. The fourth-order valence-electron chi connectivity index (χ4n) is 2.66. The predicted octanol–water partition coefficient (Wildman–Crippen LogP) is 1.55. The molecule has 1 aromatic heterocycles. The average Bonchev–Trinajstić information content (AvgIpc) is 3.03. The van der Waals surface area contributed by atoms with Crippen LogP contribution in [0.4, 0.5) is 0 Å². The minimum absolute atomic E-state index is 0. The molecule has 2 unspecified atom stereocenters. The van der Waals surface area contributed by atoms with E-state index >= 15 is 0 Å². The van der Waals surface area contributed by atoms with Gasteiger partial charge in [-0.3, -0.25) is 14.3 Å². The third-order valence-electron chi connectivity index (χ3n) is 3.92. The summed E-state index contributed by atoms with van der Waals surface area (Å²) in [4.78, 5) is 23.5. The Bertz CT molecular complexity index is 529. The van der Waals surface area contributed by atoms with Crippen LogP contribution >= 0.6 is 12.4 Å². The number of rotatable bonds is 7. The summed E-state index contributed by atoms with van der Waals surface area (Å²) in [5.41, 5.74) is 0.416. The molecule has 0 spiro atoms. The molecule has 2 N–H and O–H groups in total. The summed E-state index contributed by atoms with van der Waals surface area (Å²) in [5.74, 6) is -0.408. The molecule has 0 aromatic carbocycles. The van der Waals surface area contributed by atoms with E-state index in [0.717, 1.165) is 25.9 Å². The molecular formula is C16H27ClN4O3. The van der Waals surface area contributed by atoms with Crippen molar-refractivity contribution < 1.29 is 14.3 Å². The van der Waals surface area contributed by atoms with Crippen LogP contribution in [0.25, 0.3) is 0 Å². The third-order valence-corrected chi connectivity index (χ3v) is 3.92. The second kappa shape index (κ2) is 10.3. The Hall–Kier alpha value is -1.60. The first-order valence-corrected chi connectivity index (χ1v) is 8.29. The number of amides is 1. The zero-order valence-corrected chi connectivity index (χ0v) is 15.1. The summed E-state index contributed by atoms with van der Waals surface area (Å²) in [7, 11) is 0. The van der Waals surface area contributed by atoms with Gasteiger partial charge in [0, 0.05) is 25.7 Å². The van der Waals surface area contributed by atoms with E-state index in [1.165, 1.54) is 0 Å². The molecule has 24 heavy (non-hydrogen) atoms. The molecule has 0 aliphatic carbocycles. The monoisotopic (exact) mass is 358 g/mol. The van der Waals surface area contributed by atoms with Crippen molar-refractivity contribution in [2.75, 3.05) is 26.2 Å². The molecule has 2 heterocycles. The average molecular weight is 359 g/mol. The maximum absolute atomic E-state index is 12.1. The molecule has 2 atom stereocenters. The van der Waals surface area contributed by atoms with E-state index in [4.69, 9.17) is 4.74 Å². The quantitative estimate of drug-likeness (QED) is 0.722. The summed E-state index contributed by atoms with van der Waals surface area (Å²) in [6.07, 6.45) is 4.36. The van der Waals surface area contributed by atoms with Crippen molar-refractivity contribution in [3.8, 4) is 0 Å². The number of hydrogen-bond donors (Lipinski definition) is 2. The molecule has 2 rings (SSSR count). The number of aromatic nitrogens is 2. The van der Waals surface area contributed by atoms with Gasteiger partial charge in [-0.25, -0.2) is 0 Å². The van der Waals surface area contributed by atoms with E-state index < -0.39 is 0 Å². The van der Waals surface area contributed by atoms with Crippen LogP contribution < -0.4 is 10.6 Å². The van der Waals surface area contributed by atoms with Crippen LogP contribution in [0.3, 0.4) is 0 Å². The maximum Gasteiger partial charge on any atom is 0.306 e. The Labute approximate surface area is 148 Å². The van der Waals surface area contributed by atoms with Crippen molar-refractivity contribution in [1.29, 1.82) is 0 Å². The normalized spacial score (nSPS) is 18.3. The number of esters is 1. The van der Waals surface area contributed by atoms with E-state index in [2.05, 4.69) is 15.7 Å². The maximum atomic E-state index is 12.1. The molecule has 1 aliphatic heterocycles. The van der Waals surface area contributed by atoms with E-state index in [9.17, 15) is 9.59 Å². The first-order chi connectivity index (χ1) is 11.1. The molecule has 1 amide bonds. The van der Waals surface area contributed by atoms with E-state index in [0.29, 0.717) is 31.3 Å². The summed E-state index contributed by atoms with van der Waals surface area (Å²) < 4.78 is 6.77. The van der Waals surface area contributed by atoms with Gasteiger partial charge in [0.2, 0.25) is 0 Å². The van der Waals surface area contributed by atoms with Gasteiger partial charge in [0.1, 0.15) is 5.69 Å². The smallest absolute Gasteiger partial charge is 0.306 e. The van der Waals surface area contributed by atoms with Crippen molar-refractivity contribution in [2.24, 2.45) is 5.92 Å². The van der Waals surface area contributed by atoms with Crippen molar-refractivity contribution in [3.05, 3.63) is 18.0 Å². The van der Waals surface area contributed by atoms with Crippen LogP contribution in [-0.4, -0.2) is 47.9 Å². The lowest BCUT2D eigenvalue weighted by atomic mass is 10.1. The summed E-state index contributed by atoms with van der Waals surface area (Å²) in [6.45, 7) is 6.43. The molecule has 136 valence electrons. The first kappa shape index (κ1) is 20.4. The van der Waals surface area contributed by atoms with Gasteiger partial charge in [-0.1, -0.05) is 6.92 Å². The van der Waals surface area contributed by atoms with Gasteiger partial charge < -0.3 is 15.4 Å². The highest BCUT2D eigenvalue weighted by Gasteiger charge is 2.18. The van der Waals surface area contributed by atoms with Crippen LogP contribution in [0.2, 0.25) is 0 Å². The van der Waals surface area contributed by atoms with Crippen molar-refractivity contribution in [3.63, 3.8) is 0 Å². The van der Waals surface area contributed by atoms with Crippen LogP contribution in [0, 0.1) is 5.92 Å². The van der Waals surface area contributed by atoms with Gasteiger partial charge >= 0.3 is 5.97 Å². The predicted molar refractivity (Wildman–Crippen MR) is 93.4 cm³/mol. The lowest BCUT2D eigenvalue weighted by molar-refractivity contribution is -0.144. The fraction of sp³-hybridized carbons (Fsp3) is 0.688. The number of nitrogens with zero attached hydrogens (tertiary/aromatic N) is 2. The Balaban J connectivity index is 0.00000288. The zero-order valence-electron chi connectivity index (χ0n) is 14.3. The molecule has 1 saturated heterocycles. The van der Waals surface area contributed by atoms with Crippen LogP contribution in [0.1, 0.15) is 49.6 Å². The van der Waals surface area contributed by atoms with E-state index in [1.807, 2.05) is 17.8 Å². The summed E-state index contributed by atoms with van der Waals surface area (Å²) >= 11 is 0. The molecule has 0 radical (unpaired) electrons. The number of carbonyl (C=O) groups is 2. The summed E-state index contributed by atoms with van der Waals surface area (Å²) in [6, 6.07) is 2.05. The standard InChI is InChI=1S/C16H26N4O3.ClH/c1-3-23-15(21)9-12(2)10-18-16(22)14-6-8-20(19-14)13-5-4-7-17-11-13;/h6,8,12-13,17H,3-5,7,9-11H2,1-2H3,(H,18,22);1H. The molecule has 8 heteroatoms. The van der Waals surface area contributed by atoms with E-state index in [-0.39, 0.29) is 30.2 Å². The first-order valence-electron chi connectivity index (χ1n) is 8.29. The molecular weight excluding hydrogens is 332 g/mol. The number of hydrogen-bond acceptors (Lipinski definition) is 5. The lowest BCUT2D eigenvalue weighted by Gasteiger charge is -2.22. The van der Waals surface area contributed by atoms with E-state index in [1.54, 1.807) is 13.0 Å². The molecule has 1 aliphatic rings. The van der Waals surface area contributed by atoms with Gasteiger partial charge in [-0.05, 0) is 38.3 Å². The van der Waals surface area contributed by atoms with Crippen molar-refractivity contribution in [2.45, 2.75) is 39.2 Å². The van der Waals surface area contributed by atoms with Crippen LogP contribution in [-0.2, 0) is 9.53 Å². The molecule has 0 bridgehead atoms. The minimum Gasteiger partial charge on any atom is -0.466 e. The van der Waals surface area contributed by atoms with Gasteiger partial charge in [0.25, 0.3) is 5.91 Å².